The van der Waals surface area contributed by atoms with Crippen LogP contribution >= 0.6 is 47.0 Å². The molecule has 0 fully saturated rings. The zero-order valence-electron chi connectivity index (χ0n) is 19.9. The van der Waals surface area contributed by atoms with E-state index in [9.17, 15) is 14.7 Å². The number of carbonyl (C=O) groups is 2. The molecule has 0 aliphatic heterocycles. The number of benzene rings is 2. The molecule has 0 radical (unpaired) electrons. The molecule has 0 aliphatic carbocycles. The van der Waals surface area contributed by atoms with Gasteiger partial charge in [0, 0.05) is 17.7 Å². The molecular formula is C26H25Cl3N4O3S. The Kier molecular flexibility index (Phi) is 9.73. The Bertz CT molecular complexity index is 1290. The van der Waals surface area contributed by atoms with Crippen LogP contribution in [0.1, 0.15) is 19.4 Å². The van der Waals surface area contributed by atoms with Crippen molar-refractivity contribution < 1.29 is 14.7 Å². The van der Waals surface area contributed by atoms with Crippen molar-refractivity contribution in [2.45, 2.75) is 29.8 Å². The molecule has 1 aromatic heterocycles. The lowest BCUT2D eigenvalue weighted by Crippen LogP contribution is -2.60. The first-order valence-corrected chi connectivity index (χ1v) is 12.8. The van der Waals surface area contributed by atoms with Gasteiger partial charge < -0.3 is 20.6 Å². The van der Waals surface area contributed by atoms with Gasteiger partial charge in [-0.1, -0.05) is 97.2 Å². The van der Waals surface area contributed by atoms with Crippen molar-refractivity contribution in [2.75, 3.05) is 4.90 Å². The average molecular weight is 580 g/mol. The second-order valence-corrected chi connectivity index (χ2v) is 11.2. The molecule has 1 unspecified atom stereocenters. The molecule has 0 saturated carbocycles. The molecular weight excluding hydrogens is 555 g/mol. The van der Waals surface area contributed by atoms with Crippen LogP contribution in [-0.4, -0.2) is 43.1 Å². The summed E-state index contributed by atoms with van der Waals surface area (Å²) in [6.07, 6.45) is 3.22. The highest BCUT2D eigenvalue weighted by Gasteiger charge is 2.38. The predicted octanol–water partition coefficient (Wildman–Crippen LogP) is 5.55. The van der Waals surface area contributed by atoms with Crippen LogP contribution in [0, 0.1) is 5.92 Å². The van der Waals surface area contributed by atoms with Crippen LogP contribution in [0.25, 0.3) is 17.0 Å². The van der Waals surface area contributed by atoms with Gasteiger partial charge in [0.25, 0.3) is 0 Å². The van der Waals surface area contributed by atoms with Gasteiger partial charge in [-0.15, -0.1) is 0 Å². The van der Waals surface area contributed by atoms with E-state index in [1.165, 1.54) is 11.0 Å². The third-order valence-corrected chi connectivity index (χ3v) is 6.33. The minimum Gasteiger partial charge on any atom is -0.480 e. The standard InChI is InChI=1S/C26H25Cl3N4O3S/c1-16(2)22(23(35)36)33(19-12-6-10-18-11-7-15-30-21(18)19)25(37)32-24(26(27,28)29)31-20(34)14-13-17-8-4-3-5-9-17/h3-16,22,24H,1-2H3,(H,31,34)(H,32,37)(H,35,36)/b14-13+/t22-,24?/m0/s1. The Labute approximate surface area is 235 Å². The van der Waals surface area contributed by atoms with Gasteiger partial charge in [-0.3, -0.25) is 9.78 Å². The third kappa shape index (κ3) is 7.55. The van der Waals surface area contributed by atoms with E-state index in [-0.39, 0.29) is 11.0 Å². The number of nitrogens with one attached hydrogen (secondary N) is 2. The second-order valence-electron chi connectivity index (χ2n) is 8.43. The number of rotatable bonds is 8. The van der Waals surface area contributed by atoms with E-state index < -0.39 is 27.9 Å². The maximum Gasteiger partial charge on any atom is 0.327 e. The first kappa shape index (κ1) is 28.7. The zero-order valence-corrected chi connectivity index (χ0v) is 23.0. The van der Waals surface area contributed by atoms with Crippen LogP contribution in [0.5, 0.6) is 0 Å². The van der Waals surface area contributed by atoms with Crippen molar-refractivity contribution in [1.82, 2.24) is 15.6 Å². The Hall–Kier alpha value is -2.91. The lowest BCUT2D eigenvalue weighted by atomic mass is 10.0. The van der Waals surface area contributed by atoms with Gasteiger partial charge in [-0.05, 0) is 41.9 Å². The lowest BCUT2D eigenvalue weighted by Gasteiger charge is -2.37. The Morgan fingerprint density at radius 3 is 2.32 bits per heavy atom. The number of hydrogen-bond donors (Lipinski definition) is 3. The predicted molar refractivity (Wildman–Crippen MR) is 154 cm³/mol. The summed E-state index contributed by atoms with van der Waals surface area (Å²) in [6.45, 7) is 3.52. The molecule has 0 aliphatic rings. The SMILES string of the molecule is CC(C)[C@@H](C(=O)O)N(C(=S)NC(NC(=O)/C=C/c1ccccc1)C(Cl)(Cl)Cl)c1cccc2cccnc12. The van der Waals surface area contributed by atoms with Crippen molar-refractivity contribution in [3.8, 4) is 0 Å². The number of carbonyl (C=O) groups excluding carboxylic acids is 1. The first-order valence-electron chi connectivity index (χ1n) is 11.3. The van der Waals surface area contributed by atoms with E-state index in [1.807, 2.05) is 42.5 Å². The number of carboxylic acids is 1. The summed E-state index contributed by atoms with van der Waals surface area (Å²) >= 11 is 24.2. The Balaban J connectivity index is 1.95. The van der Waals surface area contributed by atoms with Crippen LogP contribution in [0.3, 0.4) is 0 Å². The van der Waals surface area contributed by atoms with Gasteiger partial charge in [0.05, 0.1) is 11.2 Å². The van der Waals surface area contributed by atoms with E-state index in [0.29, 0.717) is 11.2 Å². The molecule has 3 N–H and O–H groups in total. The summed E-state index contributed by atoms with van der Waals surface area (Å²) in [5.41, 5.74) is 1.80. The molecule has 3 aromatic rings. The van der Waals surface area contributed by atoms with Crippen molar-refractivity contribution in [3.05, 3.63) is 78.5 Å². The van der Waals surface area contributed by atoms with Crippen LogP contribution in [0.4, 0.5) is 5.69 Å². The fourth-order valence-corrected chi connectivity index (χ4v) is 4.34. The molecule has 1 heterocycles. The smallest absolute Gasteiger partial charge is 0.327 e. The molecule has 1 amide bonds. The number of aromatic nitrogens is 1. The normalized spacial score (nSPS) is 13.4. The van der Waals surface area contributed by atoms with Gasteiger partial charge in [-0.25, -0.2) is 4.79 Å². The molecule has 2 atom stereocenters. The summed E-state index contributed by atoms with van der Waals surface area (Å²) in [4.78, 5) is 30.9. The van der Waals surface area contributed by atoms with Crippen LogP contribution in [0.2, 0.25) is 0 Å². The molecule has 7 nitrogen and oxygen atoms in total. The summed E-state index contributed by atoms with van der Waals surface area (Å²) in [5, 5.41) is 16.3. The lowest BCUT2D eigenvalue weighted by molar-refractivity contribution is -0.139. The number of amides is 1. The zero-order chi connectivity index (χ0) is 27.2. The quantitative estimate of drug-likeness (QED) is 0.139. The molecule has 0 bridgehead atoms. The number of aliphatic carboxylic acids is 1. The highest BCUT2D eigenvalue weighted by Crippen LogP contribution is 2.32. The number of alkyl halides is 3. The molecule has 0 saturated heterocycles. The minimum absolute atomic E-state index is 0.0667. The molecule has 2 aromatic carbocycles. The maximum atomic E-state index is 12.6. The summed E-state index contributed by atoms with van der Waals surface area (Å²) in [6, 6.07) is 17.1. The Morgan fingerprint density at radius 2 is 1.70 bits per heavy atom. The number of halogens is 3. The largest absolute Gasteiger partial charge is 0.480 e. The van der Waals surface area contributed by atoms with Crippen molar-refractivity contribution >= 4 is 86.7 Å². The monoisotopic (exact) mass is 578 g/mol. The summed E-state index contributed by atoms with van der Waals surface area (Å²) in [5.74, 6) is -2.02. The molecule has 37 heavy (non-hydrogen) atoms. The van der Waals surface area contributed by atoms with Gasteiger partial charge in [0.15, 0.2) is 5.11 Å². The fourth-order valence-electron chi connectivity index (χ4n) is 3.68. The van der Waals surface area contributed by atoms with Crippen LogP contribution in [0.15, 0.2) is 72.9 Å². The highest BCUT2D eigenvalue weighted by atomic mass is 35.6. The van der Waals surface area contributed by atoms with E-state index in [2.05, 4.69) is 15.6 Å². The van der Waals surface area contributed by atoms with Crippen molar-refractivity contribution in [3.63, 3.8) is 0 Å². The number of nitrogens with zero attached hydrogens (tertiary/aromatic N) is 2. The van der Waals surface area contributed by atoms with E-state index in [0.717, 1.165) is 10.9 Å². The number of anilines is 1. The number of para-hydroxylation sites is 1. The number of fused-ring (bicyclic) bond motifs is 1. The van der Waals surface area contributed by atoms with Crippen molar-refractivity contribution in [1.29, 1.82) is 0 Å². The van der Waals surface area contributed by atoms with E-state index in [1.54, 1.807) is 44.3 Å². The van der Waals surface area contributed by atoms with Crippen LogP contribution < -0.4 is 15.5 Å². The average Bonchev–Trinajstić information content (AvgIpc) is 2.84. The molecule has 11 heteroatoms. The van der Waals surface area contributed by atoms with E-state index in [4.69, 9.17) is 47.0 Å². The molecule has 3 rings (SSSR count). The summed E-state index contributed by atoms with van der Waals surface area (Å²) < 4.78 is -2.03. The summed E-state index contributed by atoms with van der Waals surface area (Å²) in [7, 11) is 0. The third-order valence-electron chi connectivity index (χ3n) is 5.36. The molecule has 194 valence electrons. The number of carboxylic acid groups (broad SMARTS) is 1. The van der Waals surface area contributed by atoms with Crippen LogP contribution in [-0.2, 0) is 9.59 Å². The van der Waals surface area contributed by atoms with Gasteiger partial charge >= 0.3 is 5.97 Å². The van der Waals surface area contributed by atoms with Gasteiger partial charge in [0.1, 0.15) is 12.2 Å². The van der Waals surface area contributed by atoms with Gasteiger partial charge in [-0.2, -0.15) is 0 Å². The number of pyridine rings is 1. The maximum absolute atomic E-state index is 12.6. The van der Waals surface area contributed by atoms with E-state index >= 15 is 0 Å². The number of thiocarbonyl (C=S) groups is 1. The second kappa shape index (κ2) is 12.6. The fraction of sp³-hybridized carbons (Fsp3) is 0.231. The minimum atomic E-state index is -2.03. The number of hydrogen-bond acceptors (Lipinski definition) is 4. The Morgan fingerprint density at radius 1 is 1.03 bits per heavy atom. The molecule has 0 spiro atoms. The highest BCUT2D eigenvalue weighted by molar-refractivity contribution is 7.80. The van der Waals surface area contributed by atoms with Gasteiger partial charge in [0.2, 0.25) is 9.70 Å². The first-order chi connectivity index (χ1) is 17.5. The van der Waals surface area contributed by atoms with Crippen molar-refractivity contribution in [2.24, 2.45) is 5.92 Å². The topological polar surface area (TPSA) is 94.6 Å².